The van der Waals surface area contributed by atoms with Crippen LogP contribution in [0, 0.1) is 0 Å². The molecule has 0 N–H and O–H groups in total. The molecule has 2 unspecified atom stereocenters. The van der Waals surface area contributed by atoms with Crippen LogP contribution in [0.2, 0.25) is 0 Å². The van der Waals surface area contributed by atoms with Gasteiger partial charge < -0.3 is 13.9 Å². The van der Waals surface area contributed by atoms with Crippen molar-refractivity contribution in [2.75, 3.05) is 14.2 Å². The van der Waals surface area contributed by atoms with E-state index < -0.39 is 13.4 Å². The molecule has 5 heteroatoms. The fraction of sp³-hybridized carbons (Fsp3) is 0.263. The number of rotatable bonds is 5. The van der Waals surface area contributed by atoms with E-state index in [0.29, 0.717) is 0 Å². The highest BCUT2D eigenvalue weighted by molar-refractivity contribution is 7.54. The van der Waals surface area contributed by atoms with Crippen molar-refractivity contribution in [1.82, 2.24) is 4.90 Å². The Morgan fingerprint density at radius 1 is 1.00 bits per heavy atom. The van der Waals surface area contributed by atoms with Crippen LogP contribution in [-0.4, -0.2) is 19.1 Å². The van der Waals surface area contributed by atoms with E-state index in [1.807, 2.05) is 54.7 Å². The number of hydrogen-bond donors (Lipinski definition) is 0. The molecular formula is C19H22NO3P. The Labute approximate surface area is 143 Å². The molecule has 1 aliphatic heterocycles. The van der Waals surface area contributed by atoms with E-state index in [4.69, 9.17) is 9.05 Å². The molecule has 0 amide bonds. The van der Waals surface area contributed by atoms with E-state index in [9.17, 15) is 4.57 Å². The van der Waals surface area contributed by atoms with Gasteiger partial charge in [0.05, 0.1) is 6.04 Å². The number of nitrogens with zero attached hydrogens (tertiary/aromatic N) is 1. The molecule has 0 aliphatic carbocycles. The van der Waals surface area contributed by atoms with Crippen LogP contribution in [-0.2, 0) is 13.6 Å². The second kappa shape index (κ2) is 6.94. The molecule has 0 fully saturated rings. The van der Waals surface area contributed by atoms with Gasteiger partial charge in [0.1, 0.15) is 0 Å². The minimum Gasteiger partial charge on any atom is -0.353 e. The van der Waals surface area contributed by atoms with Gasteiger partial charge in [-0.1, -0.05) is 54.6 Å². The van der Waals surface area contributed by atoms with Gasteiger partial charge in [0.25, 0.3) is 0 Å². The van der Waals surface area contributed by atoms with Gasteiger partial charge in [0.15, 0.2) is 5.78 Å². The Morgan fingerprint density at radius 2 is 1.62 bits per heavy atom. The van der Waals surface area contributed by atoms with E-state index in [1.54, 1.807) is 0 Å². The van der Waals surface area contributed by atoms with Crippen LogP contribution in [0.3, 0.4) is 0 Å². The average molecular weight is 343 g/mol. The summed E-state index contributed by atoms with van der Waals surface area (Å²) in [7, 11) is -0.463. The third-order valence-corrected chi connectivity index (χ3v) is 6.68. The monoisotopic (exact) mass is 343 g/mol. The lowest BCUT2D eigenvalue weighted by atomic mass is 10.0. The van der Waals surface area contributed by atoms with Crippen LogP contribution in [0.15, 0.2) is 60.8 Å². The van der Waals surface area contributed by atoms with E-state index in [2.05, 4.69) is 24.0 Å². The highest BCUT2D eigenvalue weighted by Crippen LogP contribution is 2.64. The standard InChI is InChI=1S/C19H22NO3P/c1-15(16-9-5-4-6-10-16)20-14-13-17-11-7-8-12-18(17)19(20)24(21,22-2)23-3/h4-15,19H,1-3H3. The fourth-order valence-electron chi connectivity index (χ4n) is 3.16. The summed E-state index contributed by atoms with van der Waals surface area (Å²) in [4.78, 5) is 2.06. The second-order valence-electron chi connectivity index (χ2n) is 5.76. The lowest BCUT2D eigenvalue weighted by Gasteiger charge is -2.41. The van der Waals surface area contributed by atoms with Gasteiger partial charge in [-0.3, -0.25) is 4.57 Å². The van der Waals surface area contributed by atoms with Gasteiger partial charge in [0.2, 0.25) is 0 Å². The van der Waals surface area contributed by atoms with Crippen LogP contribution in [0.25, 0.3) is 6.08 Å². The molecule has 126 valence electrons. The van der Waals surface area contributed by atoms with Crippen molar-refractivity contribution in [2.45, 2.75) is 18.7 Å². The minimum absolute atomic E-state index is 0.0273. The summed E-state index contributed by atoms with van der Waals surface area (Å²) in [6.07, 6.45) is 4.02. The van der Waals surface area contributed by atoms with Gasteiger partial charge in [-0.2, -0.15) is 0 Å². The predicted octanol–water partition coefficient (Wildman–Crippen LogP) is 5.22. The third-order valence-electron chi connectivity index (χ3n) is 4.52. The molecule has 2 atom stereocenters. The Morgan fingerprint density at radius 3 is 2.29 bits per heavy atom. The summed E-state index contributed by atoms with van der Waals surface area (Å²) in [6.45, 7) is 2.09. The van der Waals surface area contributed by atoms with E-state index in [0.717, 1.165) is 16.7 Å². The van der Waals surface area contributed by atoms with Gasteiger partial charge >= 0.3 is 7.60 Å². The summed E-state index contributed by atoms with van der Waals surface area (Å²) in [5.74, 6) is -0.482. The lowest BCUT2D eigenvalue weighted by Crippen LogP contribution is -2.30. The van der Waals surface area contributed by atoms with Gasteiger partial charge in [0, 0.05) is 20.4 Å². The quantitative estimate of drug-likeness (QED) is 0.698. The van der Waals surface area contributed by atoms with Crippen molar-refractivity contribution in [3.05, 3.63) is 77.5 Å². The number of benzene rings is 2. The van der Waals surface area contributed by atoms with Crippen molar-refractivity contribution >= 4 is 13.7 Å². The highest BCUT2D eigenvalue weighted by atomic mass is 31.2. The molecule has 3 rings (SSSR count). The summed E-state index contributed by atoms with van der Waals surface area (Å²) >= 11 is 0. The van der Waals surface area contributed by atoms with Crippen LogP contribution in [0.1, 0.15) is 35.4 Å². The van der Waals surface area contributed by atoms with Crippen molar-refractivity contribution in [3.8, 4) is 0 Å². The highest BCUT2D eigenvalue weighted by Gasteiger charge is 2.43. The van der Waals surface area contributed by atoms with E-state index >= 15 is 0 Å². The first-order chi connectivity index (χ1) is 11.6. The molecule has 1 aliphatic rings. The Bertz CT molecular complexity index is 767. The smallest absolute Gasteiger partial charge is 0.353 e. The Hall–Kier alpha value is -1.87. The maximum Gasteiger partial charge on any atom is 0.356 e. The molecule has 0 spiro atoms. The maximum atomic E-state index is 13.3. The van der Waals surface area contributed by atoms with Crippen molar-refractivity contribution in [1.29, 1.82) is 0 Å². The maximum absolute atomic E-state index is 13.3. The molecule has 2 aromatic rings. The molecule has 0 radical (unpaired) electrons. The van der Waals surface area contributed by atoms with E-state index in [1.165, 1.54) is 14.2 Å². The van der Waals surface area contributed by atoms with E-state index in [-0.39, 0.29) is 6.04 Å². The van der Waals surface area contributed by atoms with Crippen molar-refractivity contribution < 1.29 is 13.6 Å². The first kappa shape index (κ1) is 17.0. The summed E-state index contributed by atoms with van der Waals surface area (Å²) in [5.41, 5.74) is 3.13. The molecule has 2 aromatic carbocycles. The van der Waals surface area contributed by atoms with Crippen LogP contribution >= 0.6 is 7.60 Å². The second-order valence-corrected chi connectivity index (χ2v) is 8.06. The molecule has 0 aromatic heterocycles. The Balaban J connectivity index is 2.10. The fourth-order valence-corrected chi connectivity index (χ4v) is 4.89. The molecule has 1 heterocycles. The SMILES string of the molecule is COP(=O)(OC)C1c2ccccc2C=CN1C(C)c1ccccc1. The summed E-state index contributed by atoms with van der Waals surface area (Å²) in [6, 6.07) is 18.1. The average Bonchev–Trinajstić information content (AvgIpc) is 2.66. The van der Waals surface area contributed by atoms with Gasteiger partial charge in [-0.05, 0) is 29.7 Å². The van der Waals surface area contributed by atoms with Gasteiger partial charge in [-0.15, -0.1) is 0 Å². The minimum atomic E-state index is -3.34. The first-order valence-corrected chi connectivity index (χ1v) is 9.52. The Kier molecular flexibility index (Phi) is 4.91. The number of hydrogen-bond acceptors (Lipinski definition) is 4. The normalized spacial score (nSPS) is 18.3. The zero-order valence-corrected chi connectivity index (χ0v) is 15.0. The summed E-state index contributed by atoms with van der Waals surface area (Å²) < 4.78 is 24.0. The molecule has 24 heavy (non-hydrogen) atoms. The third kappa shape index (κ3) is 2.93. The van der Waals surface area contributed by atoms with Crippen molar-refractivity contribution in [2.24, 2.45) is 0 Å². The topological polar surface area (TPSA) is 38.8 Å². The van der Waals surface area contributed by atoms with Crippen LogP contribution in [0.4, 0.5) is 0 Å². The molecule has 0 bridgehead atoms. The largest absolute Gasteiger partial charge is 0.356 e. The first-order valence-electron chi connectivity index (χ1n) is 7.91. The summed E-state index contributed by atoms with van der Waals surface area (Å²) in [5, 5.41) is 0. The molecule has 0 saturated carbocycles. The number of fused-ring (bicyclic) bond motifs is 1. The zero-order chi connectivity index (χ0) is 17.2. The van der Waals surface area contributed by atoms with Gasteiger partial charge in [-0.25, -0.2) is 0 Å². The molecule has 4 nitrogen and oxygen atoms in total. The van der Waals surface area contributed by atoms with Crippen LogP contribution in [0.5, 0.6) is 0 Å². The molecular weight excluding hydrogens is 321 g/mol. The van der Waals surface area contributed by atoms with Crippen molar-refractivity contribution in [3.63, 3.8) is 0 Å². The van der Waals surface area contributed by atoms with Crippen LogP contribution < -0.4 is 0 Å². The molecule has 0 saturated heterocycles. The zero-order valence-electron chi connectivity index (χ0n) is 14.1. The lowest BCUT2D eigenvalue weighted by molar-refractivity contribution is 0.198. The predicted molar refractivity (Wildman–Crippen MR) is 96.5 cm³/mol.